The van der Waals surface area contributed by atoms with Gasteiger partial charge in [0.05, 0.1) is 18.1 Å². The van der Waals surface area contributed by atoms with E-state index in [-0.39, 0.29) is 6.10 Å². The molecule has 7 nitrogen and oxygen atoms in total. The molecule has 7 heteroatoms. The molecule has 1 fully saturated rings. The van der Waals surface area contributed by atoms with Gasteiger partial charge in [0.1, 0.15) is 18.1 Å². The molecule has 1 unspecified atom stereocenters. The predicted molar refractivity (Wildman–Crippen MR) is 118 cm³/mol. The maximum Gasteiger partial charge on any atom is 0.257 e. The van der Waals surface area contributed by atoms with Crippen LogP contribution in [0.15, 0.2) is 67.3 Å². The minimum Gasteiger partial charge on any atom is -0.476 e. The van der Waals surface area contributed by atoms with Crippen molar-refractivity contribution in [1.82, 2.24) is 19.7 Å². The van der Waals surface area contributed by atoms with Crippen molar-refractivity contribution >= 4 is 0 Å². The van der Waals surface area contributed by atoms with Gasteiger partial charge in [-0.3, -0.25) is 9.67 Å². The number of fused-ring (bicyclic) bond motifs is 1. The summed E-state index contributed by atoms with van der Waals surface area (Å²) < 4.78 is 19.9. The van der Waals surface area contributed by atoms with Gasteiger partial charge in [0.2, 0.25) is 0 Å². The monoisotopic (exact) mass is 426 g/mol. The van der Waals surface area contributed by atoms with Crippen molar-refractivity contribution in [1.29, 1.82) is 0 Å². The summed E-state index contributed by atoms with van der Waals surface area (Å²) in [5.41, 5.74) is 4.22. The van der Waals surface area contributed by atoms with Crippen LogP contribution in [0.1, 0.15) is 36.0 Å². The molecule has 0 radical (unpaired) electrons. The quantitative estimate of drug-likeness (QED) is 0.444. The van der Waals surface area contributed by atoms with E-state index in [1.54, 1.807) is 29.3 Å². The molecule has 1 atom stereocenters. The first kappa shape index (κ1) is 18.9. The number of rotatable bonds is 5. The molecule has 32 heavy (non-hydrogen) atoms. The highest BCUT2D eigenvalue weighted by molar-refractivity contribution is 5.59. The predicted octanol–water partition coefficient (Wildman–Crippen LogP) is 5.06. The second-order valence-corrected chi connectivity index (χ2v) is 8.21. The van der Waals surface area contributed by atoms with Crippen molar-refractivity contribution in [3.05, 3.63) is 78.4 Å². The third-order valence-corrected chi connectivity index (χ3v) is 5.76. The lowest BCUT2D eigenvalue weighted by atomic mass is 10.0. The topological polar surface area (TPSA) is 71.3 Å². The van der Waals surface area contributed by atoms with E-state index in [4.69, 9.17) is 14.2 Å². The fraction of sp³-hybridized carbons (Fsp3) is 0.240. The molecular weight excluding hydrogens is 404 g/mol. The second-order valence-electron chi connectivity index (χ2n) is 8.21. The Balaban J connectivity index is 1.20. The molecule has 1 aliphatic carbocycles. The maximum atomic E-state index is 6.22. The molecule has 6 rings (SSSR count). The van der Waals surface area contributed by atoms with E-state index in [2.05, 4.69) is 39.3 Å². The van der Waals surface area contributed by atoms with Gasteiger partial charge in [-0.25, -0.2) is 4.98 Å². The van der Waals surface area contributed by atoms with Crippen molar-refractivity contribution in [3.63, 3.8) is 0 Å². The Morgan fingerprint density at radius 2 is 1.81 bits per heavy atom. The zero-order valence-electron chi connectivity index (χ0n) is 17.6. The largest absolute Gasteiger partial charge is 0.476 e. The van der Waals surface area contributed by atoms with Crippen molar-refractivity contribution in [2.45, 2.75) is 24.9 Å². The molecule has 4 aromatic rings. The Morgan fingerprint density at radius 3 is 2.59 bits per heavy atom. The van der Waals surface area contributed by atoms with Crippen LogP contribution in [0.25, 0.3) is 11.3 Å². The van der Waals surface area contributed by atoms with Crippen LogP contribution < -0.4 is 14.2 Å². The lowest BCUT2D eigenvalue weighted by Gasteiger charge is -2.26. The van der Waals surface area contributed by atoms with Gasteiger partial charge in [-0.1, -0.05) is 24.3 Å². The fourth-order valence-corrected chi connectivity index (χ4v) is 3.89. The molecule has 160 valence electrons. The second kappa shape index (κ2) is 7.67. The minimum atomic E-state index is -0.175. The molecule has 0 saturated heterocycles. The van der Waals surface area contributed by atoms with Gasteiger partial charge in [-0.2, -0.15) is 5.10 Å². The molecule has 0 amide bonds. The van der Waals surface area contributed by atoms with E-state index < -0.39 is 0 Å². The number of hydrogen-bond acceptors (Lipinski definition) is 6. The highest BCUT2D eigenvalue weighted by Gasteiger charge is 2.26. The molecule has 0 bridgehead atoms. The molecule has 4 heterocycles. The van der Waals surface area contributed by atoms with E-state index in [0.29, 0.717) is 29.7 Å². The number of hydrogen-bond donors (Lipinski definition) is 0. The van der Waals surface area contributed by atoms with Crippen LogP contribution in [0.3, 0.4) is 0 Å². The van der Waals surface area contributed by atoms with Gasteiger partial charge in [-0.05, 0) is 36.0 Å². The average molecular weight is 426 g/mol. The Labute approximate surface area is 185 Å². The number of benzene rings is 1. The lowest BCUT2D eigenvalue weighted by molar-refractivity contribution is 0.0858. The van der Waals surface area contributed by atoms with Gasteiger partial charge < -0.3 is 14.2 Å². The Morgan fingerprint density at radius 1 is 0.969 bits per heavy atom. The molecular formula is C25H22N4O3. The summed E-state index contributed by atoms with van der Waals surface area (Å²) in [5, 5.41) is 4.20. The van der Waals surface area contributed by atoms with Gasteiger partial charge in [0.15, 0.2) is 11.9 Å². The van der Waals surface area contributed by atoms with Crippen molar-refractivity contribution < 1.29 is 14.2 Å². The fourth-order valence-electron chi connectivity index (χ4n) is 3.89. The minimum absolute atomic E-state index is 0.175. The number of nitrogens with zero attached hydrogens (tertiary/aromatic N) is 4. The summed E-state index contributed by atoms with van der Waals surface area (Å²) in [7, 11) is 1.87. The average Bonchev–Trinajstić information content (AvgIpc) is 3.59. The van der Waals surface area contributed by atoms with E-state index >= 15 is 0 Å². The third kappa shape index (κ3) is 3.77. The van der Waals surface area contributed by atoms with Crippen LogP contribution in [0.4, 0.5) is 0 Å². The number of pyridine rings is 2. The number of aromatic nitrogens is 4. The van der Waals surface area contributed by atoms with Crippen LogP contribution in [0.5, 0.6) is 23.1 Å². The Hall–Kier alpha value is -3.87. The van der Waals surface area contributed by atoms with Crippen LogP contribution in [0.2, 0.25) is 0 Å². The summed E-state index contributed by atoms with van der Waals surface area (Å²) in [5.74, 6) is 3.02. The Kier molecular flexibility index (Phi) is 4.52. The highest BCUT2D eigenvalue weighted by atomic mass is 16.6. The van der Waals surface area contributed by atoms with Gasteiger partial charge in [0.25, 0.3) is 5.88 Å². The first-order chi connectivity index (χ1) is 15.7. The summed E-state index contributed by atoms with van der Waals surface area (Å²) in [6, 6.07) is 14.2. The van der Waals surface area contributed by atoms with Gasteiger partial charge in [0, 0.05) is 37.1 Å². The van der Waals surface area contributed by atoms with E-state index in [9.17, 15) is 0 Å². The number of ether oxygens (including phenoxy) is 3. The standard InChI is InChI=1S/C25H22N4O3/c1-29-14-19(12-28-29)22-10-20(8-9-26-22)31-21-11-23-25(27-13-21)30-15-24(32-23)18-6-4-17(5-7-18)16-2-3-16/h4-14,16,24H,2-3,15H2,1H3. The third-order valence-electron chi connectivity index (χ3n) is 5.76. The molecule has 1 saturated carbocycles. The summed E-state index contributed by atoms with van der Waals surface area (Å²) in [6.45, 7) is 0.432. The summed E-state index contributed by atoms with van der Waals surface area (Å²) in [6.07, 6.45) is 9.45. The summed E-state index contributed by atoms with van der Waals surface area (Å²) in [4.78, 5) is 8.78. The highest BCUT2D eigenvalue weighted by Crippen LogP contribution is 2.41. The van der Waals surface area contributed by atoms with E-state index in [0.717, 1.165) is 22.7 Å². The van der Waals surface area contributed by atoms with Crippen LogP contribution in [-0.2, 0) is 7.05 Å². The molecule has 1 aliphatic heterocycles. The van der Waals surface area contributed by atoms with E-state index in [1.165, 1.54) is 18.4 Å². The van der Waals surface area contributed by atoms with Gasteiger partial charge in [-0.15, -0.1) is 0 Å². The van der Waals surface area contributed by atoms with Crippen LogP contribution >= 0.6 is 0 Å². The molecule has 2 aliphatic rings. The molecule has 3 aromatic heterocycles. The first-order valence-corrected chi connectivity index (χ1v) is 10.7. The maximum absolute atomic E-state index is 6.22. The lowest BCUT2D eigenvalue weighted by Crippen LogP contribution is -2.22. The molecule has 0 spiro atoms. The first-order valence-electron chi connectivity index (χ1n) is 10.7. The zero-order valence-corrected chi connectivity index (χ0v) is 17.6. The SMILES string of the molecule is Cn1cc(-c2cc(Oc3cnc4c(c3)OC(c3ccc(C5CC5)cc3)CO4)ccn2)cn1. The molecule has 0 N–H and O–H groups in total. The Bertz CT molecular complexity index is 1260. The van der Waals surface area contributed by atoms with Gasteiger partial charge >= 0.3 is 0 Å². The molecule has 1 aromatic carbocycles. The van der Waals surface area contributed by atoms with Crippen LogP contribution in [0, 0.1) is 0 Å². The number of aryl methyl sites for hydroxylation is 1. The summed E-state index contributed by atoms with van der Waals surface area (Å²) >= 11 is 0. The van der Waals surface area contributed by atoms with Crippen molar-refractivity contribution in [3.8, 4) is 34.4 Å². The zero-order chi connectivity index (χ0) is 21.5. The smallest absolute Gasteiger partial charge is 0.257 e. The van der Waals surface area contributed by atoms with Crippen LogP contribution in [-0.4, -0.2) is 26.4 Å². The normalized spacial score (nSPS) is 17.2. The van der Waals surface area contributed by atoms with Crippen molar-refractivity contribution in [2.24, 2.45) is 7.05 Å². The van der Waals surface area contributed by atoms with Crippen molar-refractivity contribution in [2.75, 3.05) is 6.61 Å². The van der Waals surface area contributed by atoms with E-state index in [1.807, 2.05) is 25.4 Å².